The molecule has 0 saturated carbocycles. The van der Waals surface area contributed by atoms with Gasteiger partial charge in [0.1, 0.15) is 5.82 Å². The second kappa shape index (κ2) is 3.80. The monoisotopic (exact) mass is 243 g/mol. The molecule has 5 nitrogen and oxygen atoms in total. The number of aromatic nitrogens is 4. The van der Waals surface area contributed by atoms with E-state index in [4.69, 9.17) is 5.73 Å². The van der Waals surface area contributed by atoms with Crippen LogP contribution in [0.4, 0.5) is 5.82 Å². The molecular formula is C13H17N5. The Kier molecular flexibility index (Phi) is 2.36. The normalized spacial score (nSPS) is 17.4. The molecule has 0 unspecified atom stereocenters. The molecule has 0 spiro atoms. The van der Waals surface area contributed by atoms with Gasteiger partial charge in [-0.05, 0) is 24.7 Å². The molecule has 0 amide bonds. The van der Waals surface area contributed by atoms with Gasteiger partial charge in [0, 0.05) is 18.0 Å². The summed E-state index contributed by atoms with van der Waals surface area (Å²) in [7, 11) is 0. The maximum absolute atomic E-state index is 6.26. The van der Waals surface area contributed by atoms with Crippen LogP contribution in [0.1, 0.15) is 37.9 Å². The summed E-state index contributed by atoms with van der Waals surface area (Å²) in [5.41, 5.74) is 8.65. The molecular weight excluding hydrogens is 226 g/mol. The van der Waals surface area contributed by atoms with Crippen molar-refractivity contribution in [1.29, 1.82) is 0 Å². The van der Waals surface area contributed by atoms with Crippen LogP contribution in [0.5, 0.6) is 0 Å². The number of hydrogen-bond donors (Lipinski definition) is 1. The average molecular weight is 243 g/mol. The van der Waals surface area contributed by atoms with Crippen molar-refractivity contribution < 1.29 is 0 Å². The van der Waals surface area contributed by atoms with Gasteiger partial charge in [-0.2, -0.15) is 9.78 Å². The fourth-order valence-corrected chi connectivity index (χ4v) is 2.79. The van der Waals surface area contributed by atoms with E-state index in [-0.39, 0.29) is 5.41 Å². The molecule has 0 atom stereocenters. The van der Waals surface area contributed by atoms with Crippen LogP contribution in [0, 0.1) is 0 Å². The standard InChI is InChI=1S/C13H17N5/c1-13(2)5-3-4-9-11(13)12(14)18(17-9)10-8-15-6-7-16-10/h6-8H,3-5,14H2,1-2H3. The Hall–Kier alpha value is -1.91. The van der Waals surface area contributed by atoms with Crippen LogP contribution in [-0.4, -0.2) is 19.7 Å². The number of aryl methyl sites for hydroxylation is 1. The molecule has 0 aromatic carbocycles. The SMILES string of the molecule is CC1(C)CCCc2nn(-c3cnccn3)c(N)c21. The lowest BCUT2D eigenvalue weighted by Crippen LogP contribution is -2.24. The summed E-state index contributed by atoms with van der Waals surface area (Å²) < 4.78 is 1.71. The highest BCUT2D eigenvalue weighted by molar-refractivity contribution is 5.52. The molecule has 94 valence electrons. The van der Waals surface area contributed by atoms with E-state index in [1.165, 1.54) is 5.56 Å². The highest BCUT2D eigenvalue weighted by atomic mass is 15.3. The minimum Gasteiger partial charge on any atom is -0.383 e. The molecule has 2 aromatic heterocycles. The maximum atomic E-state index is 6.26. The predicted molar refractivity (Wildman–Crippen MR) is 69.5 cm³/mol. The molecule has 1 aliphatic carbocycles. The van der Waals surface area contributed by atoms with Gasteiger partial charge < -0.3 is 5.73 Å². The number of nitrogen functional groups attached to an aromatic ring is 1. The smallest absolute Gasteiger partial charge is 0.174 e. The van der Waals surface area contributed by atoms with E-state index in [2.05, 4.69) is 28.9 Å². The number of rotatable bonds is 1. The summed E-state index contributed by atoms with van der Waals surface area (Å²) in [5.74, 6) is 1.38. The number of hydrogen-bond acceptors (Lipinski definition) is 4. The Bertz CT molecular complexity index is 571. The van der Waals surface area contributed by atoms with Crippen LogP contribution >= 0.6 is 0 Å². The van der Waals surface area contributed by atoms with Gasteiger partial charge in [-0.25, -0.2) is 4.98 Å². The zero-order valence-corrected chi connectivity index (χ0v) is 10.7. The van der Waals surface area contributed by atoms with E-state index in [0.29, 0.717) is 11.6 Å². The molecule has 2 heterocycles. The Morgan fingerprint density at radius 1 is 1.33 bits per heavy atom. The van der Waals surface area contributed by atoms with Gasteiger partial charge in [0.05, 0.1) is 11.9 Å². The van der Waals surface area contributed by atoms with Crippen LogP contribution in [0.3, 0.4) is 0 Å². The van der Waals surface area contributed by atoms with Crippen molar-refractivity contribution >= 4 is 5.82 Å². The molecule has 2 N–H and O–H groups in total. The van der Waals surface area contributed by atoms with Crippen molar-refractivity contribution in [2.75, 3.05) is 5.73 Å². The van der Waals surface area contributed by atoms with Gasteiger partial charge in [-0.1, -0.05) is 13.8 Å². The van der Waals surface area contributed by atoms with Gasteiger partial charge in [-0.3, -0.25) is 4.98 Å². The van der Waals surface area contributed by atoms with E-state index in [1.54, 1.807) is 23.3 Å². The zero-order chi connectivity index (χ0) is 12.8. The summed E-state index contributed by atoms with van der Waals surface area (Å²) in [6.45, 7) is 4.45. The van der Waals surface area contributed by atoms with Gasteiger partial charge in [0.2, 0.25) is 0 Å². The molecule has 0 bridgehead atoms. The second-order valence-electron chi connectivity index (χ2n) is 5.42. The zero-order valence-electron chi connectivity index (χ0n) is 10.7. The quantitative estimate of drug-likeness (QED) is 0.830. The summed E-state index contributed by atoms with van der Waals surface area (Å²) in [6, 6.07) is 0. The number of anilines is 1. The van der Waals surface area contributed by atoms with Crippen molar-refractivity contribution in [1.82, 2.24) is 19.7 Å². The Labute approximate surface area is 106 Å². The van der Waals surface area contributed by atoms with Crippen LogP contribution in [-0.2, 0) is 11.8 Å². The third-order valence-corrected chi connectivity index (χ3v) is 3.65. The summed E-state index contributed by atoms with van der Waals surface area (Å²) in [4.78, 5) is 8.32. The van der Waals surface area contributed by atoms with Crippen LogP contribution in [0.25, 0.3) is 5.82 Å². The molecule has 3 rings (SSSR count). The number of fused-ring (bicyclic) bond motifs is 1. The van der Waals surface area contributed by atoms with Crippen LogP contribution < -0.4 is 5.73 Å². The fraction of sp³-hybridized carbons (Fsp3) is 0.462. The van der Waals surface area contributed by atoms with Crippen molar-refractivity contribution in [3.63, 3.8) is 0 Å². The summed E-state index contributed by atoms with van der Waals surface area (Å²) in [5, 5.41) is 4.61. The molecule has 18 heavy (non-hydrogen) atoms. The first-order valence-electron chi connectivity index (χ1n) is 6.24. The molecule has 0 saturated heterocycles. The Balaban J connectivity index is 2.18. The van der Waals surface area contributed by atoms with E-state index in [9.17, 15) is 0 Å². The highest BCUT2D eigenvalue weighted by Crippen LogP contribution is 2.40. The Morgan fingerprint density at radius 3 is 2.83 bits per heavy atom. The second-order valence-corrected chi connectivity index (χ2v) is 5.42. The number of nitrogens with zero attached hydrogens (tertiary/aromatic N) is 4. The average Bonchev–Trinajstić information content (AvgIpc) is 2.69. The summed E-state index contributed by atoms with van der Waals surface area (Å²) >= 11 is 0. The Morgan fingerprint density at radius 2 is 2.17 bits per heavy atom. The first-order valence-corrected chi connectivity index (χ1v) is 6.24. The molecule has 0 fully saturated rings. The third-order valence-electron chi connectivity index (χ3n) is 3.65. The van der Waals surface area contributed by atoms with Crippen molar-refractivity contribution in [2.24, 2.45) is 0 Å². The summed E-state index contributed by atoms with van der Waals surface area (Å²) in [6.07, 6.45) is 8.29. The highest BCUT2D eigenvalue weighted by Gasteiger charge is 2.33. The maximum Gasteiger partial charge on any atom is 0.174 e. The molecule has 5 heteroatoms. The lowest BCUT2D eigenvalue weighted by atomic mass is 9.75. The van der Waals surface area contributed by atoms with Crippen molar-refractivity contribution in [3.8, 4) is 5.82 Å². The molecule has 2 aromatic rings. The topological polar surface area (TPSA) is 69.6 Å². The van der Waals surface area contributed by atoms with Gasteiger partial charge in [0.25, 0.3) is 0 Å². The number of nitrogens with two attached hydrogens (primary N) is 1. The third kappa shape index (κ3) is 1.58. The molecule has 0 radical (unpaired) electrons. The van der Waals surface area contributed by atoms with Crippen LogP contribution in [0.15, 0.2) is 18.6 Å². The van der Waals surface area contributed by atoms with Gasteiger partial charge >= 0.3 is 0 Å². The van der Waals surface area contributed by atoms with E-state index in [0.717, 1.165) is 25.0 Å². The first kappa shape index (κ1) is 11.2. The van der Waals surface area contributed by atoms with Crippen LogP contribution in [0.2, 0.25) is 0 Å². The largest absolute Gasteiger partial charge is 0.383 e. The lowest BCUT2D eigenvalue weighted by molar-refractivity contribution is 0.432. The predicted octanol–water partition coefficient (Wildman–Crippen LogP) is 1.86. The molecule has 0 aliphatic heterocycles. The fourth-order valence-electron chi connectivity index (χ4n) is 2.79. The van der Waals surface area contributed by atoms with E-state index < -0.39 is 0 Å². The minimum absolute atomic E-state index is 0.0954. The molecule has 1 aliphatic rings. The minimum atomic E-state index is 0.0954. The first-order chi connectivity index (χ1) is 8.59. The van der Waals surface area contributed by atoms with E-state index in [1.807, 2.05) is 0 Å². The van der Waals surface area contributed by atoms with Gasteiger partial charge in [-0.15, -0.1) is 0 Å². The van der Waals surface area contributed by atoms with Crippen molar-refractivity contribution in [2.45, 2.75) is 38.5 Å². The lowest BCUT2D eigenvalue weighted by Gasteiger charge is -2.29. The van der Waals surface area contributed by atoms with E-state index >= 15 is 0 Å². The van der Waals surface area contributed by atoms with Crippen molar-refractivity contribution in [3.05, 3.63) is 29.8 Å². The van der Waals surface area contributed by atoms with Gasteiger partial charge in [0.15, 0.2) is 5.82 Å².